The van der Waals surface area contributed by atoms with Crippen molar-refractivity contribution < 1.29 is 0 Å². The number of rotatable bonds is 1. The second kappa shape index (κ2) is 3.51. The maximum atomic E-state index is 11.8. The summed E-state index contributed by atoms with van der Waals surface area (Å²) < 4.78 is 3.67. The van der Waals surface area contributed by atoms with Crippen molar-refractivity contribution in [2.24, 2.45) is 7.05 Å². The Bertz CT molecular complexity index is 541. The summed E-state index contributed by atoms with van der Waals surface area (Å²) in [5, 5.41) is 0.823. The standard InChI is InChI=1S/C10H10BrNOS/c1-3-6-4-7-9(14-6)8(11)5-12(2)10(7)13/h4-5H,3H2,1-2H3. The van der Waals surface area contributed by atoms with E-state index in [1.54, 1.807) is 23.0 Å². The van der Waals surface area contributed by atoms with Gasteiger partial charge in [0, 0.05) is 18.1 Å². The molecule has 0 aliphatic rings. The van der Waals surface area contributed by atoms with Crippen LogP contribution >= 0.6 is 27.3 Å². The molecular weight excluding hydrogens is 262 g/mol. The van der Waals surface area contributed by atoms with E-state index in [9.17, 15) is 4.79 Å². The molecule has 4 heteroatoms. The third-order valence-corrected chi connectivity index (χ3v) is 4.38. The lowest BCUT2D eigenvalue weighted by Gasteiger charge is -1.98. The largest absolute Gasteiger partial charge is 0.317 e. The first-order chi connectivity index (χ1) is 6.63. The van der Waals surface area contributed by atoms with Gasteiger partial charge in [0.25, 0.3) is 5.56 Å². The lowest BCUT2D eigenvalue weighted by molar-refractivity contribution is 0.870. The number of halogens is 1. The summed E-state index contributed by atoms with van der Waals surface area (Å²) in [6.45, 7) is 2.10. The SMILES string of the molecule is CCc1cc2c(=O)n(C)cc(Br)c2s1. The number of aryl methyl sites for hydroxylation is 2. The van der Waals surface area contributed by atoms with E-state index in [4.69, 9.17) is 0 Å². The van der Waals surface area contributed by atoms with Crippen molar-refractivity contribution in [2.45, 2.75) is 13.3 Å². The van der Waals surface area contributed by atoms with Crippen molar-refractivity contribution in [3.63, 3.8) is 0 Å². The van der Waals surface area contributed by atoms with Crippen molar-refractivity contribution in [1.82, 2.24) is 4.57 Å². The van der Waals surface area contributed by atoms with E-state index in [1.165, 1.54) is 4.88 Å². The molecule has 0 spiro atoms. The predicted octanol–water partition coefficient (Wildman–Crippen LogP) is 2.92. The molecule has 0 aliphatic carbocycles. The summed E-state index contributed by atoms with van der Waals surface area (Å²) in [7, 11) is 1.77. The molecule has 0 saturated carbocycles. The van der Waals surface area contributed by atoms with Gasteiger partial charge in [0.2, 0.25) is 0 Å². The van der Waals surface area contributed by atoms with Gasteiger partial charge in [0.15, 0.2) is 0 Å². The van der Waals surface area contributed by atoms with E-state index >= 15 is 0 Å². The Hall–Kier alpha value is -0.610. The molecule has 14 heavy (non-hydrogen) atoms. The number of pyridine rings is 1. The first kappa shape index (κ1) is 9.93. The number of hydrogen-bond donors (Lipinski definition) is 0. The van der Waals surface area contributed by atoms with Crippen molar-refractivity contribution >= 4 is 37.4 Å². The highest BCUT2D eigenvalue weighted by Gasteiger charge is 2.08. The molecule has 0 aromatic carbocycles. The van der Waals surface area contributed by atoms with Crippen LogP contribution in [0.5, 0.6) is 0 Å². The topological polar surface area (TPSA) is 22.0 Å². The molecule has 0 bridgehead atoms. The van der Waals surface area contributed by atoms with Gasteiger partial charge in [-0.25, -0.2) is 0 Å². The van der Waals surface area contributed by atoms with Gasteiger partial charge in [0.1, 0.15) is 0 Å². The zero-order valence-corrected chi connectivity index (χ0v) is 10.4. The second-order valence-corrected chi connectivity index (χ2v) is 5.19. The van der Waals surface area contributed by atoms with Crippen LogP contribution < -0.4 is 5.56 Å². The smallest absolute Gasteiger partial charge is 0.259 e. The van der Waals surface area contributed by atoms with Crippen LogP contribution in [-0.4, -0.2) is 4.57 Å². The van der Waals surface area contributed by atoms with Crippen LogP contribution in [0.4, 0.5) is 0 Å². The molecule has 2 nitrogen and oxygen atoms in total. The summed E-state index contributed by atoms with van der Waals surface area (Å²) >= 11 is 5.16. The van der Waals surface area contributed by atoms with Gasteiger partial charge in [-0.1, -0.05) is 6.92 Å². The fourth-order valence-corrected chi connectivity index (χ4v) is 3.18. The van der Waals surface area contributed by atoms with Gasteiger partial charge in [0.05, 0.1) is 14.6 Å². The maximum Gasteiger partial charge on any atom is 0.259 e. The fraction of sp³-hybridized carbons (Fsp3) is 0.300. The highest BCUT2D eigenvalue weighted by atomic mass is 79.9. The summed E-state index contributed by atoms with van der Waals surface area (Å²) in [4.78, 5) is 13.0. The van der Waals surface area contributed by atoms with Gasteiger partial charge in [-0.15, -0.1) is 11.3 Å². The molecule has 74 valence electrons. The molecule has 2 heterocycles. The molecule has 0 unspecified atom stereocenters. The average Bonchev–Trinajstić information content (AvgIpc) is 2.58. The van der Waals surface area contributed by atoms with E-state index in [-0.39, 0.29) is 5.56 Å². The molecule has 2 aromatic heterocycles. The predicted molar refractivity (Wildman–Crippen MR) is 64.1 cm³/mol. The molecule has 0 atom stereocenters. The van der Waals surface area contributed by atoms with E-state index in [2.05, 4.69) is 22.9 Å². The minimum Gasteiger partial charge on any atom is -0.317 e. The van der Waals surface area contributed by atoms with Gasteiger partial charge < -0.3 is 4.57 Å². The molecule has 0 fully saturated rings. The Morgan fingerprint density at radius 2 is 2.29 bits per heavy atom. The Balaban J connectivity index is 2.91. The summed E-state index contributed by atoms with van der Waals surface area (Å²) in [5.41, 5.74) is 0.0825. The van der Waals surface area contributed by atoms with Gasteiger partial charge in [-0.3, -0.25) is 4.79 Å². The van der Waals surface area contributed by atoms with Gasteiger partial charge >= 0.3 is 0 Å². The van der Waals surface area contributed by atoms with E-state index in [0.29, 0.717) is 0 Å². The highest BCUT2D eigenvalue weighted by Crippen LogP contribution is 2.29. The first-order valence-electron chi connectivity index (χ1n) is 4.41. The minimum absolute atomic E-state index is 0.0825. The highest BCUT2D eigenvalue weighted by molar-refractivity contribution is 9.10. The Kier molecular flexibility index (Phi) is 2.49. The molecule has 0 saturated heterocycles. The molecule has 0 aliphatic heterocycles. The van der Waals surface area contributed by atoms with Crippen molar-refractivity contribution in [3.8, 4) is 0 Å². The Morgan fingerprint density at radius 1 is 1.57 bits per heavy atom. The van der Waals surface area contributed by atoms with Crippen LogP contribution in [0.15, 0.2) is 21.5 Å². The van der Waals surface area contributed by atoms with Crippen molar-refractivity contribution in [1.29, 1.82) is 0 Å². The lowest BCUT2D eigenvalue weighted by atomic mass is 10.3. The Labute approximate surface area is 94.3 Å². The third kappa shape index (κ3) is 1.42. The van der Waals surface area contributed by atoms with Crippen LogP contribution in [0.3, 0.4) is 0 Å². The summed E-state index contributed by atoms with van der Waals surface area (Å²) in [5.74, 6) is 0. The quantitative estimate of drug-likeness (QED) is 0.782. The zero-order chi connectivity index (χ0) is 10.3. The van der Waals surface area contributed by atoms with Crippen LogP contribution in [-0.2, 0) is 13.5 Å². The fourth-order valence-electron chi connectivity index (χ4n) is 1.43. The maximum absolute atomic E-state index is 11.8. The number of aromatic nitrogens is 1. The van der Waals surface area contributed by atoms with E-state index in [1.807, 2.05) is 12.3 Å². The van der Waals surface area contributed by atoms with Crippen LogP contribution in [0.2, 0.25) is 0 Å². The molecule has 0 amide bonds. The van der Waals surface area contributed by atoms with Crippen molar-refractivity contribution in [2.75, 3.05) is 0 Å². The normalized spacial score (nSPS) is 11.1. The number of hydrogen-bond acceptors (Lipinski definition) is 2. The Morgan fingerprint density at radius 3 is 2.93 bits per heavy atom. The van der Waals surface area contributed by atoms with Gasteiger partial charge in [-0.05, 0) is 28.4 Å². The van der Waals surface area contributed by atoms with E-state index in [0.717, 1.165) is 21.0 Å². The van der Waals surface area contributed by atoms with Gasteiger partial charge in [-0.2, -0.15) is 0 Å². The molecule has 2 aromatic rings. The molecule has 2 rings (SSSR count). The molecular formula is C10H10BrNOS. The third-order valence-electron chi connectivity index (χ3n) is 2.21. The molecule has 0 radical (unpaired) electrons. The second-order valence-electron chi connectivity index (χ2n) is 3.20. The average molecular weight is 272 g/mol. The lowest BCUT2D eigenvalue weighted by Crippen LogP contribution is -2.14. The number of nitrogens with zero attached hydrogens (tertiary/aromatic N) is 1. The van der Waals surface area contributed by atoms with Crippen LogP contribution in [0, 0.1) is 0 Å². The monoisotopic (exact) mass is 271 g/mol. The first-order valence-corrected chi connectivity index (χ1v) is 6.02. The molecule has 0 N–H and O–H groups in total. The summed E-state index contributed by atoms with van der Waals surface area (Å²) in [6.07, 6.45) is 2.80. The minimum atomic E-state index is 0.0825. The van der Waals surface area contributed by atoms with E-state index < -0.39 is 0 Å². The summed E-state index contributed by atoms with van der Waals surface area (Å²) in [6, 6.07) is 1.99. The van der Waals surface area contributed by atoms with Crippen LogP contribution in [0.25, 0.3) is 10.1 Å². The number of fused-ring (bicyclic) bond motifs is 1. The zero-order valence-electron chi connectivity index (χ0n) is 8.00. The van der Waals surface area contributed by atoms with Crippen molar-refractivity contribution in [3.05, 3.63) is 32.0 Å². The van der Waals surface area contributed by atoms with Crippen LogP contribution in [0.1, 0.15) is 11.8 Å². The number of thiophene rings is 1.